The summed E-state index contributed by atoms with van der Waals surface area (Å²) in [5.74, 6) is -1.74. The number of ether oxygens (including phenoxy) is 1. The van der Waals surface area contributed by atoms with E-state index in [1.54, 1.807) is 69.3 Å². The van der Waals surface area contributed by atoms with E-state index in [1.165, 1.54) is 4.90 Å². The van der Waals surface area contributed by atoms with Gasteiger partial charge in [-0.2, -0.15) is 0 Å². The number of benzene rings is 2. The average molecular weight is 493 g/mol. The quantitative estimate of drug-likeness (QED) is 0.550. The third-order valence-corrected chi connectivity index (χ3v) is 5.90. The second kappa shape index (κ2) is 9.80. The molecule has 36 heavy (non-hydrogen) atoms. The predicted octanol–water partition coefficient (Wildman–Crippen LogP) is 2.65. The number of nitrogens with one attached hydrogen (secondary N) is 3. The lowest BCUT2D eigenvalue weighted by Gasteiger charge is -2.29. The van der Waals surface area contributed by atoms with Gasteiger partial charge < -0.3 is 20.3 Å². The molecule has 0 bridgehead atoms. The van der Waals surface area contributed by atoms with Crippen LogP contribution in [0.2, 0.25) is 0 Å². The summed E-state index contributed by atoms with van der Waals surface area (Å²) in [4.78, 5) is 64.2. The van der Waals surface area contributed by atoms with E-state index in [9.17, 15) is 24.0 Å². The van der Waals surface area contributed by atoms with Crippen LogP contribution in [-0.2, 0) is 25.7 Å². The van der Waals surface area contributed by atoms with Gasteiger partial charge in [-0.3, -0.25) is 24.5 Å². The average Bonchev–Trinajstić information content (AvgIpc) is 3.14. The van der Waals surface area contributed by atoms with Gasteiger partial charge >= 0.3 is 6.09 Å². The molecular weight excluding hydrogens is 464 g/mol. The van der Waals surface area contributed by atoms with Gasteiger partial charge in [0.1, 0.15) is 17.7 Å². The topological polar surface area (TPSA) is 134 Å². The van der Waals surface area contributed by atoms with Gasteiger partial charge in [0.2, 0.25) is 11.8 Å². The van der Waals surface area contributed by atoms with E-state index in [1.807, 2.05) is 0 Å². The number of amides is 5. The normalized spacial score (nSPS) is 18.2. The van der Waals surface area contributed by atoms with Crippen LogP contribution in [0.5, 0.6) is 0 Å². The van der Waals surface area contributed by atoms with Gasteiger partial charge in [0, 0.05) is 29.8 Å². The maximum Gasteiger partial charge on any atom is 0.408 e. The Morgan fingerprint density at radius 1 is 1.06 bits per heavy atom. The molecule has 0 spiro atoms. The predicted molar refractivity (Wildman–Crippen MR) is 130 cm³/mol. The first-order valence-electron chi connectivity index (χ1n) is 11.7. The van der Waals surface area contributed by atoms with Crippen LogP contribution in [0.4, 0.5) is 10.5 Å². The molecule has 2 aromatic rings. The van der Waals surface area contributed by atoms with E-state index >= 15 is 0 Å². The lowest BCUT2D eigenvalue weighted by atomic mass is 10.0. The molecule has 2 heterocycles. The molecule has 1 unspecified atom stereocenters. The molecule has 4 rings (SSSR count). The summed E-state index contributed by atoms with van der Waals surface area (Å²) in [5, 5.41) is 7.72. The van der Waals surface area contributed by atoms with Crippen LogP contribution in [0.1, 0.15) is 61.1 Å². The molecule has 0 saturated carbocycles. The number of anilines is 1. The number of rotatable bonds is 5. The molecule has 5 amide bonds. The summed E-state index contributed by atoms with van der Waals surface area (Å²) in [6.07, 6.45) is -0.360. The summed E-state index contributed by atoms with van der Waals surface area (Å²) in [5.41, 5.74) is 1.13. The zero-order valence-electron chi connectivity index (χ0n) is 20.3. The highest BCUT2D eigenvalue weighted by Crippen LogP contribution is 2.33. The number of hydrogen-bond donors (Lipinski definition) is 3. The summed E-state index contributed by atoms with van der Waals surface area (Å²) < 4.78 is 5.33. The fourth-order valence-corrected chi connectivity index (χ4v) is 4.28. The van der Waals surface area contributed by atoms with E-state index in [4.69, 9.17) is 4.74 Å². The Morgan fingerprint density at radius 3 is 2.44 bits per heavy atom. The van der Waals surface area contributed by atoms with Gasteiger partial charge in [-0.05, 0) is 44.9 Å². The van der Waals surface area contributed by atoms with Crippen LogP contribution in [0.15, 0.2) is 48.5 Å². The van der Waals surface area contributed by atoms with E-state index in [0.717, 1.165) is 0 Å². The molecule has 0 aliphatic carbocycles. The van der Waals surface area contributed by atoms with Crippen LogP contribution in [0.25, 0.3) is 0 Å². The Labute approximate surface area is 208 Å². The van der Waals surface area contributed by atoms with Gasteiger partial charge in [-0.25, -0.2) is 4.79 Å². The maximum absolute atomic E-state index is 13.4. The van der Waals surface area contributed by atoms with Gasteiger partial charge in [-0.1, -0.05) is 36.4 Å². The minimum absolute atomic E-state index is 0.104. The van der Waals surface area contributed by atoms with Gasteiger partial charge in [0.15, 0.2) is 0 Å². The fraction of sp³-hybridized carbons (Fsp3) is 0.346. The SMILES string of the molecule is CC(C)(C)OC(=O)N[C@H](C(=O)Nc1cccc2c1CN(C1CCC(=O)NC1=O)C2=O)c1ccccc1. The van der Waals surface area contributed by atoms with Crippen LogP contribution in [-0.4, -0.2) is 46.3 Å². The third-order valence-electron chi connectivity index (χ3n) is 5.90. The first-order valence-corrected chi connectivity index (χ1v) is 11.7. The molecule has 10 heteroatoms. The lowest BCUT2D eigenvalue weighted by Crippen LogP contribution is -2.52. The summed E-state index contributed by atoms with van der Waals surface area (Å²) in [7, 11) is 0. The molecule has 2 aliphatic rings. The summed E-state index contributed by atoms with van der Waals surface area (Å²) >= 11 is 0. The van der Waals surface area contributed by atoms with E-state index < -0.39 is 35.6 Å². The molecule has 2 aliphatic heterocycles. The molecule has 0 radical (unpaired) electrons. The highest BCUT2D eigenvalue weighted by atomic mass is 16.6. The lowest BCUT2D eigenvalue weighted by molar-refractivity contribution is -0.137. The van der Waals surface area contributed by atoms with E-state index in [0.29, 0.717) is 22.4 Å². The van der Waals surface area contributed by atoms with Crippen molar-refractivity contribution in [3.8, 4) is 0 Å². The fourth-order valence-electron chi connectivity index (χ4n) is 4.28. The Hall–Kier alpha value is -4.21. The monoisotopic (exact) mass is 492 g/mol. The van der Waals surface area contributed by atoms with Crippen molar-refractivity contribution in [1.82, 2.24) is 15.5 Å². The smallest absolute Gasteiger partial charge is 0.408 e. The van der Waals surface area contributed by atoms with Crippen molar-refractivity contribution in [2.24, 2.45) is 0 Å². The number of nitrogens with zero attached hydrogens (tertiary/aromatic N) is 1. The van der Waals surface area contributed by atoms with Crippen LogP contribution >= 0.6 is 0 Å². The first kappa shape index (κ1) is 24.9. The van der Waals surface area contributed by atoms with Crippen molar-refractivity contribution in [1.29, 1.82) is 0 Å². The van der Waals surface area contributed by atoms with Crippen LogP contribution < -0.4 is 16.0 Å². The van der Waals surface area contributed by atoms with Crippen molar-refractivity contribution >= 4 is 35.4 Å². The molecule has 1 saturated heterocycles. The third kappa shape index (κ3) is 5.37. The Bertz CT molecular complexity index is 1220. The standard InChI is InChI=1S/C26H28N4O6/c1-26(2,3)36-25(35)29-21(15-8-5-4-6-9-15)23(33)27-18-11-7-10-16-17(18)14-30(24(16)34)19-12-13-20(31)28-22(19)32/h4-11,19,21H,12-14H2,1-3H3,(H,27,33)(H,29,35)(H,28,31,32)/t19?,21-/m0/s1. The zero-order chi connectivity index (χ0) is 26.0. The molecule has 188 valence electrons. The first-order chi connectivity index (χ1) is 17.0. The number of carbonyl (C=O) groups excluding carboxylic acids is 5. The number of carbonyl (C=O) groups is 5. The van der Waals surface area contributed by atoms with E-state index in [2.05, 4.69) is 16.0 Å². The molecule has 2 aromatic carbocycles. The molecule has 0 aromatic heterocycles. The van der Waals surface area contributed by atoms with Crippen molar-refractivity contribution in [3.05, 3.63) is 65.2 Å². The Balaban J connectivity index is 1.56. The van der Waals surface area contributed by atoms with Crippen molar-refractivity contribution in [2.45, 2.75) is 57.8 Å². The van der Waals surface area contributed by atoms with Crippen molar-refractivity contribution in [3.63, 3.8) is 0 Å². The van der Waals surface area contributed by atoms with Gasteiger partial charge in [-0.15, -0.1) is 0 Å². The number of fused-ring (bicyclic) bond motifs is 1. The van der Waals surface area contributed by atoms with E-state index in [-0.39, 0.29) is 31.2 Å². The number of alkyl carbamates (subject to hydrolysis) is 1. The van der Waals surface area contributed by atoms with Crippen LogP contribution in [0, 0.1) is 0 Å². The zero-order valence-corrected chi connectivity index (χ0v) is 20.3. The number of hydrogen-bond acceptors (Lipinski definition) is 6. The van der Waals surface area contributed by atoms with Crippen molar-refractivity contribution in [2.75, 3.05) is 5.32 Å². The maximum atomic E-state index is 13.4. The largest absolute Gasteiger partial charge is 0.444 e. The minimum Gasteiger partial charge on any atom is -0.444 e. The molecular formula is C26H28N4O6. The molecule has 2 atom stereocenters. The number of imide groups is 1. The summed E-state index contributed by atoms with van der Waals surface area (Å²) in [6.45, 7) is 5.28. The molecule has 3 N–H and O–H groups in total. The second-order valence-electron chi connectivity index (χ2n) is 9.71. The Kier molecular flexibility index (Phi) is 6.78. The minimum atomic E-state index is -1.06. The molecule has 1 fully saturated rings. The second-order valence-corrected chi connectivity index (χ2v) is 9.71. The van der Waals surface area contributed by atoms with Gasteiger partial charge in [0.05, 0.1) is 0 Å². The summed E-state index contributed by atoms with van der Waals surface area (Å²) in [6, 6.07) is 11.8. The molecule has 10 nitrogen and oxygen atoms in total. The highest BCUT2D eigenvalue weighted by Gasteiger charge is 2.40. The highest BCUT2D eigenvalue weighted by molar-refractivity contribution is 6.07. The number of piperidine rings is 1. The van der Waals surface area contributed by atoms with Gasteiger partial charge in [0.25, 0.3) is 11.8 Å². The van der Waals surface area contributed by atoms with Crippen LogP contribution in [0.3, 0.4) is 0 Å². The van der Waals surface area contributed by atoms with Crippen molar-refractivity contribution < 1.29 is 28.7 Å². The Morgan fingerprint density at radius 2 is 1.78 bits per heavy atom.